The fraction of sp³-hybridized carbons (Fsp3) is 0.462. The zero-order chi connectivity index (χ0) is 12.4. The van der Waals surface area contributed by atoms with Gasteiger partial charge in [0, 0.05) is 18.8 Å². The summed E-state index contributed by atoms with van der Waals surface area (Å²) < 4.78 is 5.55. The van der Waals surface area contributed by atoms with Gasteiger partial charge in [0.25, 0.3) is 0 Å². The van der Waals surface area contributed by atoms with Crippen molar-refractivity contribution in [3.8, 4) is 0 Å². The average molecular weight is 246 g/mol. The molecule has 0 saturated heterocycles. The number of nitrogen functional groups attached to an aromatic ring is 1. The largest absolute Gasteiger partial charge is 0.399 e. The zero-order valence-electron chi connectivity index (χ0n) is 10.3. The molecule has 0 atom stereocenters. The first kappa shape index (κ1) is 11.3. The number of hydrogen-bond donors (Lipinski definition) is 3. The van der Waals surface area contributed by atoms with E-state index in [2.05, 4.69) is 15.3 Å². The lowest BCUT2D eigenvalue weighted by Crippen LogP contribution is -2.11. The number of anilines is 2. The van der Waals surface area contributed by atoms with Crippen molar-refractivity contribution in [2.45, 2.75) is 12.8 Å². The number of fused-ring (bicyclic) bond motifs is 1. The molecule has 0 amide bonds. The highest BCUT2D eigenvalue weighted by atomic mass is 16.5. The number of nitrogens with zero attached hydrogens (tertiary/aromatic N) is 1. The second kappa shape index (κ2) is 4.86. The number of nitrogens with two attached hydrogens (primary N) is 1. The van der Waals surface area contributed by atoms with Gasteiger partial charge < -0.3 is 20.8 Å². The van der Waals surface area contributed by atoms with Gasteiger partial charge in [-0.2, -0.15) is 0 Å². The van der Waals surface area contributed by atoms with Gasteiger partial charge in [-0.1, -0.05) is 0 Å². The van der Waals surface area contributed by atoms with E-state index < -0.39 is 0 Å². The van der Waals surface area contributed by atoms with Crippen LogP contribution < -0.4 is 11.1 Å². The van der Waals surface area contributed by atoms with Gasteiger partial charge in [-0.05, 0) is 37.0 Å². The minimum atomic E-state index is 0.718. The van der Waals surface area contributed by atoms with Crippen molar-refractivity contribution in [1.82, 2.24) is 9.97 Å². The predicted octanol–water partition coefficient (Wildman–Crippen LogP) is 1.98. The SMILES string of the molecule is Nc1ccc2nc(NCCOCC3CC3)[nH]c2c1. The monoisotopic (exact) mass is 246 g/mol. The molecular weight excluding hydrogens is 228 g/mol. The molecule has 96 valence electrons. The van der Waals surface area contributed by atoms with Crippen LogP contribution in [0.2, 0.25) is 0 Å². The summed E-state index contributed by atoms with van der Waals surface area (Å²) in [4.78, 5) is 7.61. The molecule has 1 saturated carbocycles. The van der Waals surface area contributed by atoms with Crippen LogP contribution in [0, 0.1) is 5.92 Å². The lowest BCUT2D eigenvalue weighted by atomic mass is 10.3. The van der Waals surface area contributed by atoms with Crippen molar-refractivity contribution in [3.63, 3.8) is 0 Å². The summed E-state index contributed by atoms with van der Waals surface area (Å²) in [6.45, 7) is 2.38. The third kappa shape index (κ3) is 2.73. The fourth-order valence-corrected chi connectivity index (χ4v) is 1.89. The Kier molecular flexibility index (Phi) is 3.06. The van der Waals surface area contributed by atoms with Crippen molar-refractivity contribution in [2.24, 2.45) is 5.92 Å². The molecule has 1 aliphatic carbocycles. The first-order chi connectivity index (χ1) is 8.81. The molecule has 1 heterocycles. The third-order valence-corrected chi connectivity index (χ3v) is 3.10. The van der Waals surface area contributed by atoms with Crippen LogP contribution in [-0.2, 0) is 4.74 Å². The topological polar surface area (TPSA) is 76.0 Å². The van der Waals surface area contributed by atoms with Gasteiger partial charge in [0.1, 0.15) is 0 Å². The maximum Gasteiger partial charge on any atom is 0.201 e. The Balaban J connectivity index is 1.50. The van der Waals surface area contributed by atoms with Crippen LogP contribution in [0.25, 0.3) is 11.0 Å². The Morgan fingerprint density at radius 1 is 1.44 bits per heavy atom. The smallest absolute Gasteiger partial charge is 0.201 e. The molecule has 5 nitrogen and oxygen atoms in total. The number of aromatic nitrogens is 2. The van der Waals surface area contributed by atoms with E-state index in [0.29, 0.717) is 0 Å². The minimum absolute atomic E-state index is 0.718. The number of H-pyrrole nitrogens is 1. The van der Waals surface area contributed by atoms with E-state index in [1.165, 1.54) is 12.8 Å². The molecule has 18 heavy (non-hydrogen) atoms. The number of benzene rings is 1. The molecule has 0 radical (unpaired) electrons. The Bertz CT molecular complexity index is 533. The van der Waals surface area contributed by atoms with E-state index in [1.54, 1.807) is 0 Å². The van der Waals surface area contributed by atoms with E-state index in [1.807, 2.05) is 18.2 Å². The van der Waals surface area contributed by atoms with Crippen LogP contribution in [-0.4, -0.2) is 29.7 Å². The average Bonchev–Trinajstić information content (AvgIpc) is 3.08. The van der Waals surface area contributed by atoms with Crippen molar-refractivity contribution in [2.75, 3.05) is 30.8 Å². The van der Waals surface area contributed by atoms with E-state index in [4.69, 9.17) is 10.5 Å². The molecule has 1 aromatic heterocycles. The van der Waals surface area contributed by atoms with E-state index in [-0.39, 0.29) is 0 Å². The molecule has 1 fully saturated rings. The van der Waals surface area contributed by atoms with E-state index in [0.717, 1.165) is 48.3 Å². The van der Waals surface area contributed by atoms with Gasteiger partial charge >= 0.3 is 0 Å². The fourth-order valence-electron chi connectivity index (χ4n) is 1.89. The standard InChI is InChI=1S/C13H18N4O/c14-10-3-4-11-12(7-10)17-13(16-11)15-5-6-18-8-9-1-2-9/h3-4,7,9H,1-2,5-6,8,14H2,(H2,15,16,17). The number of imidazole rings is 1. The zero-order valence-corrected chi connectivity index (χ0v) is 10.3. The molecule has 2 aromatic rings. The molecular formula is C13H18N4O. The summed E-state index contributed by atoms with van der Waals surface area (Å²) in [6.07, 6.45) is 2.66. The Labute approximate surface area is 106 Å². The Morgan fingerprint density at radius 2 is 2.33 bits per heavy atom. The van der Waals surface area contributed by atoms with E-state index in [9.17, 15) is 0 Å². The van der Waals surface area contributed by atoms with Gasteiger partial charge in [-0.3, -0.25) is 0 Å². The van der Waals surface area contributed by atoms with Crippen molar-refractivity contribution < 1.29 is 4.74 Å². The molecule has 0 bridgehead atoms. The summed E-state index contributed by atoms with van der Waals surface area (Å²) in [5, 5.41) is 3.22. The van der Waals surface area contributed by atoms with Gasteiger partial charge in [0.15, 0.2) is 0 Å². The molecule has 4 N–H and O–H groups in total. The lowest BCUT2D eigenvalue weighted by molar-refractivity contribution is 0.134. The molecule has 0 spiro atoms. The highest BCUT2D eigenvalue weighted by Crippen LogP contribution is 2.28. The predicted molar refractivity (Wildman–Crippen MR) is 72.5 cm³/mol. The highest BCUT2D eigenvalue weighted by molar-refractivity contribution is 5.80. The van der Waals surface area contributed by atoms with Gasteiger partial charge in [0.2, 0.25) is 5.95 Å². The first-order valence-corrected chi connectivity index (χ1v) is 6.38. The second-order valence-electron chi connectivity index (χ2n) is 4.81. The van der Waals surface area contributed by atoms with Gasteiger partial charge in [-0.25, -0.2) is 4.98 Å². The highest BCUT2D eigenvalue weighted by Gasteiger charge is 2.20. The summed E-state index contributed by atoms with van der Waals surface area (Å²) in [7, 11) is 0. The van der Waals surface area contributed by atoms with Crippen LogP contribution in [0.15, 0.2) is 18.2 Å². The maximum atomic E-state index is 5.72. The van der Waals surface area contributed by atoms with E-state index >= 15 is 0 Å². The number of aromatic amines is 1. The summed E-state index contributed by atoms with van der Waals surface area (Å²) in [5.41, 5.74) is 8.34. The van der Waals surface area contributed by atoms with Crippen LogP contribution in [0.5, 0.6) is 0 Å². The van der Waals surface area contributed by atoms with Crippen LogP contribution in [0.4, 0.5) is 11.6 Å². The third-order valence-electron chi connectivity index (χ3n) is 3.10. The normalized spacial score (nSPS) is 15.1. The quantitative estimate of drug-likeness (QED) is 0.538. The first-order valence-electron chi connectivity index (χ1n) is 6.38. The van der Waals surface area contributed by atoms with Crippen LogP contribution in [0.3, 0.4) is 0 Å². The summed E-state index contributed by atoms with van der Waals surface area (Å²) in [5.74, 6) is 1.59. The number of nitrogens with one attached hydrogen (secondary N) is 2. The molecule has 0 aliphatic heterocycles. The maximum absolute atomic E-state index is 5.72. The van der Waals surface area contributed by atoms with Crippen molar-refractivity contribution in [3.05, 3.63) is 18.2 Å². The minimum Gasteiger partial charge on any atom is -0.399 e. The summed E-state index contributed by atoms with van der Waals surface area (Å²) in [6, 6.07) is 5.65. The van der Waals surface area contributed by atoms with Crippen LogP contribution >= 0.6 is 0 Å². The van der Waals surface area contributed by atoms with Crippen molar-refractivity contribution >= 4 is 22.7 Å². The molecule has 1 aromatic carbocycles. The number of hydrogen-bond acceptors (Lipinski definition) is 4. The Morgan fingerprint density at radius 3 is 3.17 bits per heavy atom. The second-order valence-corrected chi connectivity index (χ2v) is 4.81. The van der Waals surface area contributed by atoms with Crippen LogP contribution in [0.1, 0.15) is 12.8 Å². The Hall–Kier alpha value is -1.75. The number of ether oxygens (including phenoxy) is 1. The van der Waals surface area contributed by atoms with Crippen molar-refractivity contribution in [1.29, 1.82) is 0 Å². The molecule has 1 aliphatic rings. The molecule has 5 heteroatoms. The van der Waals surface area contributed by atoms with Gasteiger partial charge in [-0.15, -0.1) is 0 Å². The molecule has 3 rings (SSSR count). The number of rotatable bonds is 6. The summed E-state index contributed by atoms with van der Waals surface area (Å²) >= 11 is 0. The lowest BCUT2D eigenvalue weighted by Gasteiger charge is -2.03. The molecule has 0 unspecified atom stereocenters. The van der Waals surface area contributed by atoms with Gasteiger partial charge in [0.05, 0.1) is 17.6 Å².